The Kier molecular flexibility index (Phi) is 9.83. The van der Waals surface area contributed by atoms with Crippen molar-refractivity contribution in [3.8, 4) is 11.5 Å². The van der Waals surface area contributed by atoms with Gasteiger partial charge in [-0.05, 0) is 31.2 Å². The molecule has 1 aromatic rings. The van der Waals surface area contributed by atoms with Gasteiger partial charge in [0.05, 0.1) is 6.61 Å². The quantitative estimate of drug-likeness (QED) is 0.482. The summed E-state index contributed by atoms with van der Waals surface area (Å²) in [5, 5.41) is 15.6. The number of nitrogens with one attached hydrogen (secondary N) is 2. The molecule has 0 aliphatic carbocycles. The molecular weight excluding hydrogens is 312 g/mol. The van der Waals surface area contributed by atoms with Crippen molar-refractivity contribution < 1.29 is 24.1 Å². The van der Waals surface area contributed by atoms with Crippen molar-refractivity contribution in [1.82, 2.24) is 10.6 Å². The van der Waals surface area contributed by atoms with Gasteiger partial charge in [-0.3, -0.25) is 4.79 Å². The van der Waals surface area contributed by atoms with Gasteiger partial charge >= 0.3 is 0 Å². The van der Waals surface area contributed by atoms with Crippen LogP contribution in [0.1, 0.15) is 13.3 Å². The van der Waals surface area contributed by atoms with Gasteiger partial charge < -0.3 is 30.0 Å². The minimum absolute atomic E-state index is 0.0110. The molecule has 3 N–H and O–H groups in total. The van der Waals surface area contributed by atoms with Gasteiger partial charge in [-0.2, -0.15) is 0 Å². The third-order valence-electron chi connectivity index (χ3n) is 3.29. The van der Waals surface area contributed by atoms with E-state index in [2.05, 4.69) is 10.6 Å². The standard InChI is InChI=1S/C17H28N2O5/c1-13(10-17(21)18-2)19-11-14(20)12-24-16-6-4-15(5-7-16)23-9-8-22-3/h4-7,13-14,19-20H,8-12H2,1-3H3,(H,18,21). The maximum absolute atomic E-state index is 11.2. The molecule has 0 radical (unpaired) electrons. The highest BCUT2D eigenvalue weighted by atomic mass is 16.5. The third kappa shape index (κ3) is 8.71. The van der Waals surface area contributed by atoms with Crippen LogP contribution in [0.25, 0.3) is 0 Å². The molecule has 0 saturated carbocycles. The third-order valence-corrected chi connectivity index (χ3v) is 3.29. The Morgan fingerprint density at radius 2 is 1.79 bits per heavy atom. The molecule has 0 bridgehead atoms. The van der Waals surface area contributed by atoms with Crippen LogP contribution in [0.3, 0.4) is 0 Å². The summed E-state index contributed by atoms with van der Waals surface area (Å²) in [6, 6.07) is 7.18. The molecular formula is C17H28N2O5. The topological polar surface area (TPSA) is 89.1 Å². The molecule has 24 heavy (non-hydrogen) atoms. The van der Waals surface area contributed by atoms with Crippen molar-refractivity contribution in [2.75, 3.05) is 40.5 Å². The molecule has 1 rings (SSSR count). The second-order valence-corrected chi connectivity index (χ2v) is 5.46. The monoisotopic (exact) mass is 340 g/mol. The lowest BCUT2D eigenvalue weighted by molar-refractivity contribution is -0.121. The van der Waals surface area contributed by atoms with Crippen LogP contribution in [0.2, 0.25) is 0 Å². The largest absolute Gasteiger partial charge is 0.491 e. The number of benzene rings is 1. The van der Waals surface area contributed by atoms with E-state index in [1.165, 1.54) is 0 Å². The summed E-state index contributed by atoms with van der Waals surface area (Å²) in [7, 11) is 3.23. The van der Waals surface area contributed by atoms with Gasteiger partial charge in [0.1, 0.15) is 30.8 Å². The van der Waals surface area contributed by atoms with Crippen molar-refractivity contribution in [3.05, 3.63) is 24.3 Å². The summed E-state index contributed by atoms with van der Waals surface area (Å²) in [6.45, 7) is 3.45. The highest BCUT2D eigenvalue weighted by Crippen LogP contribution is 2.17. The van der Waals surface area contributed by atoms with Crippen LogP contribution in [0, 0.1) is 0 Å². The van der Waals surface area contributed by atoms with Crippen molar-refractivity contribution in [1.29, 1.82) is 0 Å². The summed E-state index contributed by atoms with van der Waals surface area (Å²) in [6.07, 6.45) is -0.288. The van der Waals surface area contributed by atoms with Crippen molar-refractivity contribution in [2.24, 2.45) is 0 Å². The van der Waals surface area contributed by atoms with Gasteiger partial charge in [-0.1, -0.05) is 0 Å². The summed E-state index contributed by atoms with van der Waals surface area (Å²) < 4.78 is 15.9. The van der Waals surface area contributed by atoms with Crippen LogP contribution in [0.4, 0.5) is 0 Å². The number of aliphatic hydroxyl groups excluding tert-OH is 1. The molecule has 7 heteroatoms. The Bertz CT molecular complexity index is 467. The first kappa shape index (κ1) is 20.2. The summed E-state index contributed by atoms with van der Waals surface area (Å²) in [4.78, 5) is 11.2. The first-order valence-corrected chi connectivity index (χ1v) is 8.01. The average molecular weight is 340 g/mol. The average Bonchev–Trinajstić information content (AvgIpc) is 2.59. The summed E-state index contributed by atoms with van der Waals surface area (Å²) in [5.41, 5.74) is 0. The number of hydrogen-bond donors (Lipinski definition) is 3. The van der Waals surface area contributed by atoms with Crippen molar-refractivity contribution >= 4 is 5.91 Å². The van der Waals surface area contributed by atoms with Crippen LogP contribution < -0.4 is 20.1 Å². The molecule has 0 saturated heterocycles. The van der Waals surface area contributed by atoms with E-state index in [4.69, 9.17) is 14.2 Å². The van der Waals surface area contributed by atoms with Crippen LogP contribution in [0.5, 0.6) is 11.5 Å². The first-order valence-electron chi connectivity index (χ1n) is 8.01. The van der Waals surface area contributed by atoms with Gasteiger partial charge in [0.2, 0.25) is 5.91 Å². The fraction of sp³-hybridized carbons (Fsp3) is 0.588. The number of carbonyl (C=O) groups excluding carboxylic acids is 1. The van der Waals surface area contributed by atoms with E-state index in [0.29, 0.717) is 31.9 Å². The van der Waals surface area contributed by atoms with E-state index in [1.807, 2.05) is 6.92 Å². The lowest BCUT2D eigenvalue weighted by Gasteiger charge is -2.17. The molecule has 136 valence electrons. The smallest absolute Gasteiger partial charge is 0.221 e. The summed E-state index contributed by atoms with van der Waals surface area (Å²) >= 11 is 0. The molecule has 7 nitrogen and oxygen atoms in total. The minimum Gasteiger partial charge on any atom is -0.491 e. The van der Waals surface area contributed by atoms with Gasteiger partial charge in [0, 0.05) is 33.2 Å². The van der Waals surface area contributed by atoms with E-state index in [-0.39, 0.29) is 18.6 Å². The highest BCUT2D eigenvalue weighted by Gasteiger charge is 2.10. The van der Waals surface area contributed by atoms with E-state index >= 15 is 0 Å². The fourth-order valence-corrected chi connectivity index (χ4v) is 1.92. The predicted octanol–water partition coefficient (Wildman–Crippen LogP) is 0.566. The number of amides is 1. The Morgan fingerprint density at radius 1 is 1.17 bits per heavy atom. The molecule has 2 atom stereocenters. The van der Waals surface area contributed by atoms with Crippen molar-refractivity contribution in [3.63, 3.8) is 0 Å². The normalized spacial score (nSPS) is 13.2. The van der Waals surface area contributed by atoms with Gasteiger partial charge in [0.15, 0.2) is 0 Å². The minimum atomic E-state index is -0.658. The SMILES string of the molecule is CNC(=O)CC(C)NCC(O)COc1ccc(OCCOC)cc1. The van der Waals surface area contributed by atoms with Gasteiger partial charge in [-0.15, -0.1) is 0 Å². The Balaban J connectivity index is 2.23. The zero-order chi connectivity index (χ0) is 17.8. The lowest BCUT2D eigenvalue weighted by Crippen LogP contribution is -2.39. The maximum Gasteiger partial charge on any atom is 0.221 e. The Hall–Kier alpha value is -1.83. The predicted molar refractivity (Wildman–Crippen MR) is 91.5 cm³/mol. The van der Waals surface area contributed by atoms with Gasteiger partial charge in [-0.25, -0.2) is 0 Å². The number of aliphatic hydroxyl groups is 1. The highest BCUT2D eigenvalue weighted by molar-refractivity contribution is 5.76. The lowest BCUT2D eigenvalue weighted by atomic mass is 10.2. The Morgan fingerprint density at radius 3 is 2.38 bits per heavy atom. The number of rotatable bonds is 12. The summed E-state index contributed by atoms with van der Waals surface area (Å²) in [5.74, 6) is 1.37. The zero-order valence-electron chi connectivity index (χ0n) is 14.6. The van der Waals surface area contributed by atoms with Crippen LogP contribution in [-0.2, 0) is 9.53 Å². The molecule has 0 heterocycles. The molecule has 1 amide bonds. The molecule has 0 aromatic heterocycles. The van der Waals surface area contributed by atoms with Gasteiger partial charge in [0.25, 0.3) is 0 Å². The van der Waals surface area contributed by atoms with Crippen molar-refractivity contribution in [2.45, 2.75) is 25.5 Å². The maximum atomic E-state index is 11.2. The molecule has 1 aromatic carbocycles. The van der Waals surface area contributed by atoms with E-state index in [0.717, 1.165) is 5.75 Å². The molecule has 0 aliphatic rings. The van der Waals surface area contributed by atoms with E-state index in [9.17, 15) is 9.90 Å². The zero-order valence-corrected chi connectivity index (χ0v) is 14.6. The van der Waals surface area contributed by atoms with E-state index < -0.39 is 6.10 Å². The van der Waals surface area contributed by atoms with Crippen LogP contribution >= 0.6 is 0 Å². The van der Waals surface area contributed by atoms with Crippen LogP contribution in [0.15, 0.2) is 24.3 Å². The first-order chi connectivity index (χ1) is 11.5. The second-order valence-electron chi connectivity index (χ2n) is 5.46. The number of ether oxygens (including phenoxy) is 3. The van der Waals surface area contributed by atoms with Crippen LogP contribution in [-0.4, -0.2) is 63.7 Å². The second kappa shape index (κ2) is 11.7. The Labute approximate surface area is 143 Å². The fourth-order valence-electron chi connectivity index (χ4n) is 1.92. The number of methoxy groups -OCH3 is 1. The molecule has 0 spiro atoms. The number of hydrogen-bond acceptors (Lipinski definition) is 6. The molecule has 0 fully saturated rings. The molecule has 2 unspecified atom stereocenters. The molecule has 0 aliphatic heterocycles. The number of carbonyl (C=O) groups is 1. The van der Waals surface area contributed by atoms with E-state index in [1.54, 1.807) is 38.4 Å².